The van der Waals surface area contributed by atoms with Gasteiger partial charge in [-0.1, -0.05) is 34.8 Å². The van der Waals surface area contributed by atoms with Crippen molar-refractivity contribution in [2.75, 3.05) is 13.2 Å². The second kappa shape index (κ2) is 5.84. The summed E-state index contributed by atoms with van der Waals surface area (Å²) in [5.74, 6) is -0.409. The first-order valence-corrected chi connectivity index (χ1v) is 4.04. The van der Waals surface area contributed by atoms with Crippen molar-refractivity contribution < 1.29 is 9.53 Å². The maximum atomic E-state index is 10.9. The summed E-state index contributed by atoms with van der Waals surface area (Å²) in [6.45, 7) is 2.14. The van der Waals surface area contributed by atoms with Crippen LogP contribution >= 0.6 is 34.8 Å². The quantitative estimate of drug-likeness (QED) is 0.676. The van der Waals surface area contributed by atoms with Crippen LogP contribution in [-0.2, 0) is 9.53 Å². The molecule has 0 aliphatic carbocycles. The summed E-state index contributed by atoms with van der Waals surface area (Å²) in [4.78, 5) is 10.9. The van der Waals surface area contributed by atoms with Crippen molar-refractivity contribution in [1.82, 2.24) is 0 Å². The van der Waals surface area contributed by atoms with Crippen molar-refractivity contribution in [1.29, 1.82) is 0 Å². The van der Waals surface area contributed by atoms with Crippen LogP contribution in [0.25, 0.3) is 0 Å². The van der Waals surface area contributed by atoms with E-state index in [9.17, 15) is 4.79 Å². The summed E-state index contributed by atoms with van der Waals surface area (Å²) in [5.41, 5.74) is 0. The molecule has 0 N–H and O–H groups in total. The second-order valence-electron chi connectivity index (χ2n) is 1.63. The number of rotatable bonds is 4. The minimum Gasteiger partial charge on any atom is -0.374 e. The van der Waals surface area contributed by atoms with Crippen molar-refractivity contribution in [2.45, 2.75) is 6.92 Å². The molecular formula is C6H7Cl3O2. The highest BCUT2D eigenvalue weighted by Crippen LogP contribution is 2.18. The van der Waals surface area contributed by atoms with Gasteiger partial charge in [-0.15, -0.1) is 0 Å². The van der Waals surface area contributed by atoms with Crippen molar-refractivity contribution in [2.24, 2.45) is 0 Å². The van der Waals surface area contributed by atoms with Gasteiger partial charge in [-0.3, -0.25) is 4.79 Å². The topological polar surface area (TPSA) is 26.3 Å². The molecule has 2 nitrogen and oxygen atoms in total. The Labute approximate surface area is 80.1 Å². The Morgan fingerprint density at radius 3 is 2.27 bits per heavy atom. The molecule has 64 valence electrons. The van der Waals surface area contributed by atoms with Crippen LogP contribution in [0, 0.1) is 0 Å². The summed E-state index contributed by atoms with van der Waals surface area (Å²) in [7, 11) is 0. The van der Waals surface area contributed by atoms with E-state index in [0.717, 1.165) is 0 Å². The Bertz CT molecular complexity index is 173. The number of halogens is 3. The molecule has 0 fully saturated rings. The Balaban J connectivity index is 3.95. The summed E-state index contributed by atoms with van der Waals surface area (Å²) in [5, 5.41) is -0.179. The van der Waals surface area contributed by atoms with Crippen LogP contribution in [0.4, 0.5) is 0 Å². The molecule has 0 saturated heterocycles. The van der Waals surface area contributed by atoms with Gasteiger partial charge in [0, 0.05) is 6.61 Å². The van der Waals surface area contributed by atoms with Crippen molar-refractivity contribution in [3.63, 3.8) is 0 Å². The number of Topliss-reactive ketones (excluding diaryl/α,β-unsaturated/α-hetero) is 1. The zero-order valence-corrected chi connectivity index (χ0v) is 8.13. The fourth-order valence-electron chi connectivity index (χ4n) is 0.364. The summed E-state index contributed by atoms with van der Waals surface area (Å²) in [6, 6.07) is 0. The van der Waals surface area contributed by atoms with Crippen molar-refractivity contribution in [3.05, 3.63) is 9.52 Å². The second-order valence-corrected chi connectivity index (χ2v) is 2.96. The molecule has 0 aliphatic heterocycles. The number of hydrogen-bond acceptors (Lipinski definition) is 2. The Morgan fingerprint density at radius 1 is 1.36 bits per heavy atom. The van der Waals surface area contributed by atoms with Gasteiger partial charge in [-0.2, -0.15) is 0 Å². The molecule has 0 unspecified atom stereocenters. The van der Waals surface area contributed by atoms with Gasteiger partial charge >= 0.3 is 0 Å². The van der Waals surface area contributed by atoms with Gasteiger partial charge in [0.1, 0.15) is 16.1 Å². The summed E-state index contributed by atoms with van der Waals surface area (Å²) in [6.07, 6.45) is 0. The first kappa shape index (κ1) is 11.2. The summed E-state index contributed by atoms with van der Waals surface area (Å²) < 4.78 is 4.56. The third-order valence-corrected chi connectivity index (χ3v) is 1.82. The average Bonchev–Trinajstić information content (AvgIpc) is 1.98. The smallest absolute Gasteiger partial charge is 0.202 e. The molecule has 0 bridgehead atoms. The number of ether oxygens (including phenoxy) is 1. The minimum atomic E-state index is -0.409. The zero-order chi connectivity index (χ0) is 8.85. The van der Waals surface area contributed by atoms with Gasteiger partial charge < -0.3 is 4.74 Å². The highest BCUT2D eigenvalue weighted by atomic mass is 35.5. The van der Waals surface area contributed by atoms with E-state index in [1.54, 1.807) is 6.92 Å². The Morgan fingerprint density at radius 2 is 1.91 bits per heavy atom. The molecule has 0 spiro atoms. The van der Waals surface area contributed by atoms with Crippen LogP contribution in [0.2, 0.25) is 0 Å². The predicted molar refractivity (Wildman–Crippen MR) is 46.1 cm³/mol. The van der Waals surface area contributed by atoms with Gasteiger partial charge in [0.25, 0.3) is 0 Å². The highest BCUT2D eigenvalue weighted by molar-refractivity contribution is 6.62. The molecule has 0 saturated carbocycles. The lowest BCUT2D eigenvalue weighted by Gasteiger charge is -1.98. The molecule has 0 amide bonds. The Kier molecular flexibility index (Phi) is 5.96. The first-order chi connectivity index (χ1) is 5.09. The molecule has 0 radical (unpaired) electrons. The standard InChI is InChI=1S/C6H7Cl3O2/c1-2-11-3-4(10)5(7)6(8)9/h2-3H2,1H3. The normalized spacial score (nSPS) is 9.45. The fraction of sp³-hybridized carbons (Fsp3) is 0.500. The van der Waals surface area contributed by atoms with E-state index in [1.807, 2.05) is 0 Å². The SMILES string of the molecule is CCOCC(=O)C(Cl)=C(Cl)Cl. The predicted octanol–water partition coefficient (Wildman–Crippen LogP) is 2.48. The lowest BCUT2D eigenvalue weighted by molar-refractivity contribution is -0.119. The van der Waals surface area contributed by atoms with E-state index in [4.69, 9.17) is 39.5 Å². The zero-order valence-electron chi connectivity index (χ0n) is 5.86. The molecule has 0 aromatic heterocycles. The van der Waals surface area contributed by atoms with E-state index >= 15 is 0 Å². The maximum absolute atomic E-state index is 10.9. The largest absolute Gasteiger partial charge is 0.374 e. The van der Waals surface area contributed by atoms with Crippen molar-refractivity contribution >= 4 is 40.6 Å². The molecule has 5 heteroatoms. The van der Waals surface area contributed by atoms with Gasteiger partial charge in [0.15, 0.2) is 0 Å². The molecule has 0 aliphatic rings. The molecule has 0 atom stereocenters. The maximum Gasteiger partial charge on any atom is 0.202 e. The molecule has 11 heavy (non-hydrogen) atoms. The highest BCUT2D eigenvalue weighted by Gasteiger charge is 2.09. The van der Waals surface area contributed by atoms with Crippen LogP contribution in [0.3, 0.4) is 0 Å². The van der Waals surface area contributed by atoms with Crippen LogP contribution in [0.15, 0.2) is 9.52 Å². The van der Waals surface area contributed by atoms with E-state index in [1.165, 1.54) is 0 Å². The van der Waals surface area contributed by atoms with Gasteiger partial charge in [-0.25, -0.2) is 0 Å². The molecule has 0 heterocycles. The molecular weight excluding hydrogens is 210 g/mol. The monoisotopic (exact) mass is 216 g/mol. The first-order valence-electron chi connectivity index (χ1n) is 2.91. The van der Waals surface area contributed by atoms with Crippen molar-refractivity contribution in [3.8, 4) is 0 Å². The van der Waals surface area contributed by atoms with Crippen LogP contribution in [-0.4, -0.2) is 19.0 Å². The third-order valence-electron chi connectivity index (χ3n) is 0.848. The number of ketones is 1. The van der Waals surface area contributed by atoms with Gasteiger partial charge in [0.2, 0.25) is 5.78 Å². The lowest BCUT2D eigenvalue weighted by Crippen LogP contribution is -2.08. The van der Waals surface area contributed by atoms with E-state index in [2.05, 4.69) is 0 Å². The molecule has 0 rings (SSSR count). The lowest BCUT2D eigenvalue weighted by atomic mass is 10.4. The Hall–Kier alpha value is 0.240. The van der Waals surface area contributed by atoms with Gasteiger partial charge in [0.05, 0.1) is 0 Å². The van der Waals surface area contributed by atoms with E-state index in [-0.39, 0.29) is 16.1 Å². The van der Waals surface area contributed by atoms with Crippen LogP contribution < -0.4 is 0 Å². The number of carbonyl (C=O) groups excluding carboxylic acids is 1. The third kappa shape index (κ3) is 4.64. The number of hydrogen-bond donors (Lipinski definition) is 0. The minimum absolute atomic E-state index is 0.0850. The average molecular weight is 217 g/mol. The molecule has 0 aromatic rings. The van der Waals surface area contributed by atoms with Gasteiger partial charge in [-0.05, 0) is 6.92 Å². The van der Waals surface area contributed by atoms with Crippen LogP contribution in [0.5, 0.6) is 0 Å². The fourth-order valence-corrected chi connectivity index (χ4v) is 0.629. The van der Waals surface area contributed by atoms with E-state index in [0.29, 0.717) is 6.61 Å². The van der Waals surface area contributed by atoms with Crippen LogP contribution in [0.1, 0.15) is 6.92 Å². The number of carbonyl (C=O) groups is 1. The van der Waals surface area contributed by atoms with E-state index < -0.39 is 5.78 Å². The molecule has 0 aromatic carbocycles. The summed E-state index contributed by atoms with van der Waals surface area (Å²) >= 11 is 15.9.